The number of halogens is 6. The van der Waals surface area contributed by atoms with E-state index >= 15 is 0 Å². The first kappa shape index (κ1) is 18.3. The Kier molecular flexibility index (Phi) is 4.23. The summed E-state index contributed by atoms with van der Waals surface area (Å²) in [5.41, 5.74) is -2.78. The van der Waals surface area contributed by atoms with Crippen LogP contribution in [0.25, 0.3) is 0 Å². The van der Waals surface area contributed by atoms with Gasteiger partial charge in [0.05, 0.1) is 11.4 Å². The summed E-state index contributed by atoms with van der Waals surface area (Å²) in [6.07, 6.45) is -8.12. The first-order valence-electron chi connectivity index (χ1n) is 7.53. The van der Waals surface area contributed by atoms with Crippen molar-refractivity contribution < 1.29 is 31.1 Å². The maximum Gasteiger partial charge on any atom is 0.437 e. The quantitative estimate of drug-likeness (QED) is 0.797. The van der Waals surface area contributed by atoms with Gasteiger partial charge in [-0.05, 0) is 25.8 Å². The number of aromatic amines is 1. The van der Waals surface area contributed by atoms with E-state index < -0.39 is 41.9 Å². The van der Waals surface area contributed by atoms with Crippen molar-refractivity contribution in [3.05, 3.63) is 28.8 Å². The predicted molar refractivity (Wildman–Crippen MR) is 76.2 cm³/mol. The molecule has 0 radical (unpaired) electrons. The molecule has 2 aromatic rings. The molecule has 0 aromatic carbocycles. The van der Waals surface area contributed by atoms with Crippen LogP contribution in [0.3, 0.4) is 0 Å². The molecule has 6 nitrogen and oxygen atoms in total. The fourth-order valence-corrected chi connectivity index (χ4v) is 2.51. The number of amides is 1. The summed E-state index contributed by atoms with van der Waals surface area (Å²) >= 11 is 0. The number of alkyl halides is 6. The minimum Gasteiger partial charge on any atom is -0.321 e. The molecule has 26 heavy (non-hydrogen) atoms. The number of nitrogens with zero attached hydrogens (tertiary/aromatic N) is 3. The van der Waals surface area contributed by atoms with Gasteiger partial charge < -0.3 is 5.32 Å². The van der Waals surface area contributed by atoms with Gasteiger partial charge in [0, 0.05) is 11.6 Å². The molecule has 12 heteroatoms. The second kappa shape index (κ2) is 6.02. The Morgan fingerprint density at radius 1 is 1.27 bits per heavy atom. The Morgan fingerprint density at radius 2 is 1.92 bits per heavy atom. The molecule has 1 aliphatic rings. The largest absolute Gasteiger partial charge is 0.437 e. The van der Waals surface area contributed by atoms with Gasteiger partial charge in [-0.15, -0.1) is 0 Å². The number of nitrogens with one attached hydrogen (secondary N) is 2. The molecule has 0 atom stereocenters. The number of carbonyl (C=O) groups excluding carboxylic acids is 1. The zero-order valence-corrected chi connectivity index (χ0v) is 13.3. The Bertz CT molecular complexity index is 830. The standard InChI is InChI=1S/C14H13F6N5O/c1-6-11(12(23-22-6)14(18,19)20)21-10(26)5-25-8(7-2-3-7)4-9(24-25)13(15,16)17/h4,7H,2-3,5H2,1H3,(H,21,26)(H,22,23). The Labute approximate surface area is 142 Å². The monoisotopic (exact) mass is 381 g/mol. The van der Waals surface area contributed by atoms with Gasteiger partial charge in [-0.3, -0.25) is 14.6 Å². The Morgan fingerprint density at radius 3 is 2.46 bits per heavy atom. The molecule has 142 valence electrons. The normalized spacial score (nSPS) is 15.3. The lowest BCUT2D eigenvalue weighted by Gasteiger charge is -2.10. The van der Waals surface area contributed by atoms with E-state index in [9.17, 15) is 31.1 Å². The van der Waals surface area contributed by atoms with E-state index in [-0.39, 0.29) is 17.3 Å². The second-order valence-electron chi connectivity index (χ2n) is 6.00. The highest BCUT2D eigenvalue weighted by atomic mass is 19.4. The molecule has 1 amide bonds. The molecule has 0 bridgehead atoms. The highest BCUT2D eigenvalue weighted by molar-refractivity contribution is 5.91. The van der Waals surface area contributed by atoms with Gasteiger partial charge in [0.15, 0.2) is 11.4 Å². The number of carbonyl (C=O) groups is 1. The molecule has 1 aliphatic carbocycles. The predicted octanol–water partition coefficient (Wildman–Crippen LogP) is 3.47. The molecule has 1 saturated carbocycles. The molecule has 0 aliphatic heterocycles. The summed E-state index contributed by atoms with van der Waals surface area (Å²) in [5, 5.41) is 10.7. The molecule has 0 unspecified atom stereocenters. The van der Waals surface area contributed by atoms with E-state index in [4.69, 9.17) is 0 Å². The number of hydrogen-bond acceptors (Lipinski definition) is 3. The van der Waals surface area contributed by atoms with E-state index in [1.807, 2.05) is 0 Å². The number of anilines is 1. The van der Waals surface area contributed by atoms with E-state index in [0.29, 0.717) is 12.8 Å². The highest BCUT2D eigenvalue weighted by Gasteiger charge is 2.39. The van der Waals surface area contributed by atoms with Crippen molar-refractivity contribution in [2.45, 2.75) is 44.6 Å². The van der Waals surface area contributed by atoms with Crippen LogP contribution >= 0.6 is 0 Å². The number of rotatable bonds is 4. The average Bonchev–Trinajstić information content (AvgIpc) is 3.14. The summed E-state index contributed by atoms with van der Waals surface area (Å²) in [5.74, 6) is -1.06. The zero-order chi connectivity index (χ0) is 19.3. The summed E-state index contributed by atoms with van der Waals surface area (Å²) in [6.45, 7) is 0.646. The smallest absolute Gasteiger partial charge is 0.321 e. The number of hydrogen-bond donors (Lipinski definition) is 2. The van der Waals surface area contributed by atoms with Crippen LogP contribution in [-0.4, -0.2) is 25.9 Å². The van der Waals surface area contributed by atoms with Crippen LogP contribution in [0.2, 0.25) is 0 Å². The van der Waals surface area contributed by atoms with Crippen molar-refractivity contribution in [2.24, 2.45) is 0 Å². The van der Waals surface area contributed by atoms with Crippen LogP contribution in [0.4, 0.5) is 32.0 Å². The first-order chi connectivity index (χ1) is 12.0. The van der Waals surface area contributed by atoms with E-state index in [2.05, 4.69) is 20.6 Å². The number of aromatic nitrogens is 4. The van der Waals surface area contributed by atoms with Crippen LogP contribution in [0, 0.1) is 6.92 Å². The lowest BCUT2D eigenvalue weighted by atomic mass is 10.2. The van der Waals surface area contributed by atoms with Crippen molar-refractivity contribution in [1.29, 1.82) is 0 Å². The molecule has 2 heterocycles. The lowest BCUT2D eigenvalue weighted by molar-refractivity contribution is -0.142. The van der Waals surface area contributed by atoms with E-state index in [1.165, 1.54) is 6.92 Å². The molecule has 0 saturated heterocycles. The molecular weight excluding hydrogens is 368 g/mol. The van der Waals surface area contributed by atoms with Gasteiger partial charge in [0.2, 0.25) is 5.91 Å². The SMILES string of the molecule is Cc1[nH]nc(C(F)(F)F)c1NC(=O)Cn1nc(C(F)(F)F)cc1C1CC1. The molecule has 1 fully saturated rings. The first-order valence-corrected chi connectivity index (χ1v) is 7.53. The fraction of sp³-hybridized carbons (Fsp3) is 0.500. The van der Waals surface area contributed by atoms with Crippen molar-refractivity contribution in [3.63, 3.8) is 0 Å². The summed E-state index contributed by atoms with van der Waals surface area (Å²) in [7, 11) is 0. The van der Waals surface area contributed by atoms with Crippen molar-refractivity contribution >= 4 is 11.6 Å². The summed E-state index contributed by atoms with van der Waals surface area (Å²) < 4.78 is 78.0. The van der Waals surface area contributed by atoms with Gasteiger partial charge in [0.1, 0.15) is 6.54 Å². The fourth-order valence-electron chi connectivity index (χ4n) is 2.51. The van der Waals surface area contributed by atoms with Crippen molar-refractivity contribution in [3.8, 4) is 0 Å². The number of aryl methyl sites for hydroxylation is 1. The van der Waals surface area contributed by atoms with Crippen molar-refractivity contribution in [1.82, 2.24) is 20.0 Å². The van der Waals surface area contributed by atoms with Crippen LogP contribution < -0.4 is 5.32 Å². The summed E-state index contributed by atoms with van der Waals surface area (Å²) in [6, 6.07) is 0.870. The third-order valence-electron chi connectivity index (χ3n) is 3.87. The average molecular weight is 381 g/mol. The topological polar surface area (TPSA) is 75.6 Å². The van der Waals surface area contributed by atoms with Gasteiger partial charge in [-0.1, -0.05) is 0 Å². The van der Waals surface area contributed by atoms with Gasteiger partial charge in [0.25, 0.3) is 0 Å². The van der Waals surface area contributed by atoms with E-state index in [0.717, 1.165) is 10.7 Å². The summed E-state index contributed by atoms with van der Waals surface area (Å²) in [4.78, 5) is 12.1. The lowest BCUT2D eigenvalue weighted by Crippen LogP contribution is -2.23. The molecule has 3 rings (SSSR count). The van der Waals surface area contributed by atoms with E-state index in [1.54, 1.807) is 0 Å². The maximum atomic E-state index is 12.9. The van der Waals surface area contributed by atoms with Crippen LogP contribution in [0.5, 0.6) is 0 Å². The Hall–Kier alpha value is -2.53. The minimum absolute atomic E-state index is 0.0236. The molecule has 0 spiro atoms. The second-order valence-corrected chi connectivity index (χ2v) is 6.00. The van der Waals surface area contributed by atoms with Gasteiger partial charge in [-0.2, -0.15) is 36.5 Å². The molecule has 2 aromatic heterocycles. The maximum absolute atomic E-state index is 12.9. The highest BCUT2D eigenvalue weighted by Crippen LogP contribution is 2.42. The molecular formula is C14H13F6N5O. The third kappa shape index (κ3) is 3.68. The molecule has 2 N–H and O–H groups in total. The third-order valence-corrected chi connectivity index (χ3v) is 3.87. The van der Waals surface area contributed by atoms with Crippen LogP contribution in [0.1, 0.15) is 41.5 Å². The van der Waals surface area contributed by atoms with Gasteiger partial charge >= 0.3 is 12.4 Å². The van der Waals surface area contributed by atoms with Crippen LogP contribution in [-0.2, 0) is 23.7 Å². The number of H-pyrrole nitrogens is 1. The minimum atomic E-state index is -4.79. The van der Waals surface area contributed by atoms with Crippen molar-refractivity contribution in [2.75, 3.05) is 5.32 Å². The van der Waals surface area contributed by atoms with Crippen LogP contribution in [0.15, 0.2) is 6.07 Å². The van der Waals surface area contributed by atoms with Gasteiger partial charge in [-0.25, -0.2) is 0 Å². The Balaban J connectivity index is 1.81. The zero-order valence-electron chi connectivity index (χ0n) is 13.3.